The lowest BCUT2D eigenvalue weighted by atomic mass is 11.3. The minimum Gasteiger partial charge on any atom is -0.323 e. The molecule has 0 fully saturated rings. The van der Waals surface area contributed by atoms with Crippen LogP contribution < -0.4 is 10.5 Å². The van der Waals surface area contributed by atoms with Gasteiger partial charge in [-0.05, 0) is 14.1 Å². The molecule has 0 bridgehead atoms. The third-order valence-corrected chi connectivity index (χ3v) is 0. The van der Waals surface area contributed by atoms with Crippen LogP contribution in [0.4, 0.5) is 0 Å². The third kappa shape index (κ3) is 4620. The van der Waals surface area contributed by atoms with Gasteiger partial charge in [0, 0.05) is 7.68 Å². The molecule has 56 valence electrons. The first-order valence-electron chi connectivity index (χ1n) is 2.01. The molecule has 0 aromatic rings. The van der Waals surface area contributed by atoms with E-state index in [-0.39, 0.29) is 1.43 Å². The van der Waals surface area contributed by atoms with Crippen LogP contribution in [-0.4, -0.2) is 29.5 Å². The molecule has 5 heteroatoms. The Labute approximate surface area is 53.1 Å². The fraction of sp³-hybridized carbons (Fsp3) is 1.00. The van der Waals surface area contributed by atoms with Gasteiger partial charge in [-0.15, -0.1) is 10.8 Å². The van der Waals surface area contributed by atoms with Crippen molar-refractivity contribution in [3.8, 4) is 0 Å². The van der Waals surface area contributed by atoms with Gasteiger partial charge in [-0.3, -0.25) is 9.11 Å². The minimum absolute atomic E-state index is 0. The molecular formula is C3H16N2O2S. The van der Waals surface area contributed by atoms with Crippen LogP contribution in [-0.2, 0) is 0 Å². The van der Waals surface area contributed by atoms with E-state index in [4.69, 9.17) is 9.11 Å². The first-order valence-corrected chi connectivity index (χ1v) is 4.03. The number of rotatable bonds is 0. The van der Waals surface area contributed by atoms with Crippen molar-refractivity contribution < 1.29 is 10.5 Å². The molecule has 0 rings (SSSR count). The van der Waals surface area contributed by atoms with Gasteiger partial charge in [-0.1, -0.05) is 0 Å². The maximum absolute atomic E-state index is 7.94. The van der Waals surface area contributed by atoms with Crippen LogP contribution in [0.3, 0.4) is 0 Å². The van der Waals surface area contributed by atoms with E-state index in [9.17, 15) is 0 Å². The van der Waals surface area contributed by atoms with E-state index >= 15 is 0 Å². The van der Waals surface area contributed by atoms with Crippen LogP contribution in [0.15, 0.2) is 0 Å². The smallest absolute Gasteiger partial charge is 0.0413 e. The highest BCUT2D eigenvalue weighted by molar-refractivity contribution is 8.21. The van der Waals surface area contributed by atoms with Gasteiger partial charge >= 0.3 is 0 Å². The Balaban J connectivity index is -0.0000000800. The largest absolute Gasteiger partial charge is 0.323 e. The van der Waals surface area contributed by atoms with Crippen LogP contribution in [0.2, 0.25) is 0 Å². The van der Waals surface area contributed by atoms with E-state index in [2.05, 4.69) is 10.5 Å². The summed E-state index contributed by atoms with van der Waals surface area (Å²) >= 11 is 0. The third-order valence-electron chi connectivity index (χ3n) is 0. The quantitative estimate of drug-likeness (QED) is 0.395. The lowest BCUT2D eigenvalue weighted by Gasteiger charge is -2.17. The first-order chi connectivity index (χ1) is 3.41. The first kappa shape index (κ1) is 11.0. The van der Waals surface area contributed by atoms with Gasteiger partial charge in [-0.25, -0.2) is 5.14 Å². The molecule has 0 spiro atoms. The Morgan fingerprint density at radius 3 is 1.50 bits per heavy atom. The van der Waals surface area contributed by atoms with Crippen LogP contribution in [0.5, 0.6) is 0 Å². The van der Waals surface area contributed by atoms with E-state index in [1.54, 1.807) is 0 Å². The van der Waals surface area contributed by atoms with Crippen molar-refractivity contribution in [2.75, 3.05) is 20.4 Å². The summed E-state index contributed by atoms with van der Waals surface area (Å²) in [5, 5.41) is 7.30. The maximum Gasteiger partial charge on any atom is 0.0413 e. The fourth-order valence-electron chi connectivity index (χ4n) is 0. The van der Waals surface area contributed by atoms with E-state index in [0.29, 0.717) is 0 Å². The average Bonchev–Trinajstić information content (AvgIpc) is 1.27. The Morgan fingerprint density at radius 2 is 1.50 bits per heavy atom. The van der Waals surface area contributed by atoms with E-state index in [0.717, 1.165) is 6.26 Å². The summed E-state index contributed by atoms with van der Waals surface area (Å²) in [5.74, 6) is 0. The summed E-state index contributed by atoms with van der Waals surface area (Å²) in [6.45, 7) is 0. The zero-order valence-electron chi connectivity index (χ0n) is 5.38. The van der Waals surface area contributed by atoms with E-state index in [1.165, 1.54) is 0 Å². The van der Waals surface area contributed by atoms with Crippen molar-refractivity contribution in [3.05, 3.63) is 0 Å². The summed E-state index contributed by atoms with van der Waals surface area (Å²) < 4.78 is 15.9. The molecule has 0 saturated heterocycles. The SMILES string of the molecule is CNC.CS(N)(O)O.[HH]. The van der Waals surface area contributed by atoms with Crippen LogP contribution >= 0.6 is 10.8 Å². The topological polar surface area (TPSA) is 78.5 Å². The van der Waals surface area contributed by atoms with Gasteiger partial charge in [0.15, 0.2) is 0 Å². The summed E-state index contributed by atoms with van der Waals surface area (Å²) in [6.07, 6.45) is 1.16. The second-order valence-corrected chi connectivity index (χ2v) is 3.18. The highest BCUT2D eigenvalue weighted by Gasteiger charge is 1.84. The molecule has 0 aliphatic carbocycles. The molecule has 0 aliphatic rings. The van der Waals surface area contributed by atoms with Gasteiger partial charge < -0.3 is 5.32 Å². The number of nitrogens with two attached hydrogens (primary N) is 1. The molecular weight excluding hydrogens is 128 g/mol. The lowest BCUT2D eigenvalue weighted by molar-refractivity contribution is 0.497. The normalized spacial score (nSPS) is 11.8. The molecule has 0 aromatic heterocycles. The van der Waals surface area contributed by atoms with Crippen LogP contribution in [0.25, 0.3) is 0 Å². The molecule has 0 radical (unpaired) electrons. The highest BCUT2D eigenvalue weighted by Crippen LogP contribution is 2.19. The van der Waals surface area contributed by atoms with Gasteiger partial charge in [-0.2, -0.15) is 0 Å². The van der Waals surface area contributed by atoms with Crippen molar-refractivity contribution >= 4 is 10.8 Å². The molecule has 4 nitrogen and oxygen atoms in total. The fourth-order valence-corrected chi connectivity index (χ4v) is 0. The monoisotopic (exact) mass is 144 g/mol. The zero-order valence-corrected chi connectivity index (χ0v) is 6.20. The lowest BCUT2D eigenvalue weighted by Crippen LogP contribution is -2.03. The summed E-state index contributed by atoms with van der Waals surface area (Å²) in [7, 11) is 1.08. The van der Waals surface area contributed by atoms with Crippen molar-refractivity contribution in [2.24, 2.45) is 5.14 Å². The van der Waals surface area contributed by atoms with Crippen molar-refractivity contribution in [3.63, 3.8) is 0 Å². The maximum atomic E-state index is 7.94. The second kappa shape index (κ2) is 5.33. The highest BCUT2D eigenvalue weighted by atomic mass is 32.3. The number of nitrogens with one attached hydrogen (secondary N) is 1. The van der Waals surface area contributed by atoms with E-state index < -0.39 is 10.8 Å². The van der Waals surface area contributed by atoms with Gasteiger partial charge in [0.05, 0.1) is 0 Å². The Morgan fingerprint density at radius 1 is 1.50 bits per heavy atom. The Hall–Kier alpha value is 0.190. The van der Waals surface area contributed by atoms with Crippen molar-refractivity contribution in [1.82, 2.24) is 5.32 Å². The minimum atomic E-state index is -2.67. The van der Waals surface area contributed by atoms with Gasteiger partial charge in [0.2, 0.25) is 0 Å². The molecule has 0 atom stereocenters. The zero-order chi connectivity index (χ0) is 7.21. The molecule has 0 unspecified atom stereocenters. The number of hydrogen-bond donors (Lipinski definition) is 4. The molecule has 8 heavy (non-hydrogen) atoms. The van der Waals surface area contributed by atoms with Gasteiger partial charge in [0.1, 0.15) is 0 Å². The standard InChI is InChI=1S/C2H7N.CH7NO2S.H2/c1-3-2;1-5(2,3)4;/h3H,1-2H3;3-4H,2H2,1H3;1H. The second-order valence-electron chi connectivity index (χ2n) is 1.39. The molecule has 0 amide bonds. The number of hydrogen-bond acceptors (Lipinski definition) is 4. The summed E-state index contributed by atoms with van der Waals surface area (Å²) in [4.78, 5) is 0. The van der Waals surface area contributed by atoms with Crippen molar-refractivity contribution in [2.45, 2.75) is 0 Å². The summed E-state index contributed by atoms with van der Waals surface area (Å²) in [6, 6.07) is 0. The molecule has 0 aliphatic heterocycles. The Bertz CT molecular complexity index is 43.6. The average molecular weight is 144 g/mol. The Kier molecular flexibility index (Phi) is 7.36. The molecule has 0 saturated carbocycles. The molecule has 0 heterocycles. The van der Waals surface area contributed by atoms with Crippen LogP contribution in [0, 0.1) is 0 Å². The summed E-state index contributed by atoms with van der Waals surface area (Å²) in [5.41, 5.74) is 0. The van der Waals surface area contributed by atoms with E-state index in [1.807, 2.05) is 14.1 Å². The molecule has 0 aromatic carbocycles. The van der Waals surface area contributed by atoms with Crippen molar-refractivity contribution in [1.29, 1.82) is 0 Å². The van der Waals surface area contributed by atoms with Gasteiger partial charge in [0.25, 0.3) is 0 Å². The van der Waals surface area contributed by atoms with Crippen LogP contribution in [0.1, 0.15) is 1.43 Å². The predicted molar refractivity (Wildman–Crippen MR) is 40.1 cm³/mol. The molecule has 5 N–H and O–H groups in total. The predicted octanol–water partition coefficient (Wildman–Crippen LogP) is 0.322.